The van der Waals surface area contributed by atoms with Gasteiger partial charge in [0.25, 0.3) is 0 Å². The summed E-state index contributed by atoms with van der Waals surface area (Å²) in [7, 11) is 1.81. The third kappa shape index (κ3) is 3.90. The minimum atomic E-state index is 0.0208. The average Bonchev–Trinajstić information content (AvgIpc) is 2.27. The Morgan fingerprint density at radius 1 is 1.29 bits per heavy atom. The molecule has 0 bridgehead atoms. The number of allylic oxidation sites excluding steroid dienone is 1. The van der Waals surface area contributed by atoms with Crippen LogP contribution in [-0.2, 0) is 4.79 Å². The number of hydrogen-bond acceptors (Lipinski definition) is 1. The summed E-state index contributed by atoms with van der Waals surface area (Å²) in [5.74, 6) is 0.0208. The van der Waals surface area contributed by atoms with Gasteiger partial charge in [-0.3, -0.25) is 4.79 Å². The first-order valence-corrected chi connectivity index (χ1v) is 5.96. The van der Waals surface area contributed by atoms with Crippen molar-refractivity contribution in [1.29, 1.82) is 0 Å². The van der Waals surface area contributed by atoms with E-state index in [-0.39, 0.29) is 11.9 Å². The summed E-state index contributed by atoms with van der Waals surface area (Å²) in [4.78, 5) is 13.6. The molecule has 0 fully saturated rings. The lowest BCUT2D eigenvalue weighted by molar-refractivity contribution is -0.126. The van der Waals surface area contributed by atoms with Crippen LogP contribution in [0.5, 0.6) is 0 Å². The molecule has 1 atom stereocenters. The molecule has 0 radical (unpaired) electrons. The molecule has 0 saturated heterocycles. The summed E-state index contributed by atoms with van der Waals surface area (Å²) in [5, 5.41) is 0.708. The predicted octanol–water partition coefficient (Wildman–Crippen LogP) is 3.83. The van der Waals surface area contributed by atoms with Crippen LogP contribution in [0.2, 0.25) is 5.02 Å². The Morgan fingerprint density at radius 3 is 2.29 bits per heavy atom. The second kappa shape index (κ2) is 5.87. The number of amides is 1. The molecule has 0 heterocycles. The van der Waals surface area contributed by atoms with E-state index in [2.05, 4.69) is 0 Å². The second-order valence-electron chi connectivity index (χ2n) is 4.40. The molecule has 0 aromatic heterocycles. The van der Waals surface area contributed by atoms with Crippen LogP contribution in [-0.4, -0.2) is 17.9 Å². The molecule has 0 saturated carbocycles. The highest BCUT2D eigenvalue weighted by atomic mass is 35.5. The number of carbonyl (C=O) groups excluding carboxylic acids is 1. The molecule has 2 nitrogen and oxygen atoms in total. The Kier molecular flexibility index (Phi) is 4.76. The van der Waals surface area contributed by atoms with E-state index in [0.717, 1.165) is 11.1 Å². The lowest BCUT2D eigenvalue weighted by Crippen LogP contribution is -2.28. The van der Waals surface area contributed by atoms with Gasteiger partial charge in [0.1, 0.15) is 0 Å². The molecule has 1 aromatic rings. The fourth-order valence-corrected chi connectivity index (χ4v) is 1.63. The monoisotopic (exact) mass is 251 g/mol. The SMILES string of the molecule is CC(C)=CC(=O)N(C)C(C)c1ccc(Cl)cc1. The Morgan fingerprint density at radius 2 is 1.82 bits per heavy atom. The van der Waals surface area contributed by atoms with Crippen LogP contribution in [0.3, 0.4) is 0 Å². The van der Waals surface area contributed by atoms with Crippen LogP contribution in [0.1, 0.15) is 32.4 Å². The van der Waals surface area contributed by atoms with Crippen LogP contribution >= 0.6 is 11.6 Å². The van der Waals surface area contributed by atoms with Crippen molar-refractivity contribution in [1.82, 2.24) is 4.90 Å². The molecule has 1 unspecified atom stereocenters. The van der Waals surface area contributed by atoms with Crippen LogP contribution in [0.25, 0.3) is 0 Å². The van der Waals surface area contributed by atoms with Gasteiger partial charge in [0.05, 0.1) is 6.04 Å². The summed E-state index contributed by atoms with van der Waals surface area (Å²) in [6.07, 6.45) is 1.65. The summed E-state index contributed by atoms with van der Waals surface area (Å²) in [6, 6.07) is 7.60. The summed E-state index contributed by atoms with van der Waals surface area (Å²) in [5.41, 5.74) is 2.08. The first-order valence-electron chi connectivity index (χ1n) is 5.59. The maximum absolute atomic E-state index is 11.9. The Balaban J connectivity index is 2.82. The van der Waals surface area contributed by atoms with Crippen molar-refractivity contribution in [2.45, 2.75) is 26.8 Å². The topological polar surface area (TPSA) is 20.3 Å². The number of nitrogens with zero attached hydrogens (tertiary/aromatic N) is 1. The van der Waals surface area contributed by atoms with Gasteiger partial charge in [-0.15, -0.1) is 0 Å². The van der Waals surface area contributed by atoms with Gasteiger partial charge in [-0.25, -0.2) is 0 Å². The molecule has 92 valence electrons. The van der Waals surface area contributed by atoms with E-state index in [4.69, 9.17) is 11.6 Å². The second-order valence-corrected chi connectivity index (χ2v) is 4.83. The molecular formula is C14H18ClNO. The molecule has 1 aromatic carbocycles. The van der Waals surface area contributed by atoms with Gasteiger partial charge >= 0.3 is 0 Å². The van der Waals surface area contributed by atoms with Crippen LogP contribution in [0.4, 0.5) is 0 Å². The first kappa shape index (κ1) is 13.8. The summed E-state index contributed by atoms with van der Waals surface area (Å²) < 4.78 is 0. The highest BCUT2D eigenvalue weighted by Crippen LogP contribution is 2.21. The predicted molar refractivity (Wildman–Crippen MR) is 72.1 cm³/mol. The normalized spacial score (nSPS) is 11.8. The third-order valence-electron chi connectivity index (χ3n) is 2.69. The van der Waals surface area contributed by atoms with E-state index >= 15 is 0 Å². The molecular weight excluding hydrogens is 234 g/mol. The van der Waals surface area contributed by atoms with Crippen LogP contribution < -0.4 is 0 Å². The van der Waals surface area contributed by atoms with E-state index in [0.29, 0.717) is 5.02 Å². The van der Waals surface area contributed by atoms with E-state index in [9.17, 15) is 4.79 Å². The lowest BCUT2D eigenvalue weighted by Gasteiger charge is -2.24. The summed E-state index contributed by atoms with van der Waals surface area (Å²) in [6.45, 7) is 5.83. The highest BCUT2D eigenvalue weighted by Gasteiger charge is 2.15. The Hall–Kier alpha value is -1.28. The number of hydrogen-bond donors (Lipinski definition) is 0. The Bertz CT molecular complexity index is 418. The van der Waals surface area contributed by atoms with Crippen molar-refractivity contribution < 1.29 is 4.79 Å². The standard InChI is InChI=1S/C14H18ClNO/c1-10(2)9-14(17)16(4)11(3)12-5-7-13(15)8-6-12/h5-9,11H,1-4H3. The number of likely N-dealkylation sites (N-methyl/N-ethyl adjacent to an activating group) is 1. The van der Waals surface area contributed by atoms with Gasteiger partial charge in [0, 0.05) is 18.1 Å². The van der Waals surface area contributed by atoms with Crippen molar-refractivity contribution in [2.75, 3.05) is 7.05 Å². The smallest absolute Gasteiger partial charge is 0.246 e. The average molecular weight is 252 g/mol. The molecule has 0 spiro atoms. The molecule has 1 rings (SSSR count). The lowest BCUT2D eigenvalue weighted by atomic mass is 10.1. The molecule has 0 aliphatic carbocycles. The zero-order chi connectivity index (χ0) is 13.0. The van der Waals surface area contributed by atoms with Crippen molar-refractivity contribution in [2.24, 2.45) is 0 Å². The van der Waals surface area contributed by atoms with Gasteiger partial charge in [0.15, 0.2) is 0 Å². The molecule has 0 N–H and O–H groups in total. The third-order valence-corrected chi connectivity index (χ3v) is 2.95. The van der Waals surface area contributed by atoms with E-state index in [1.54, 1.807) is 18.0 Å². The van der Waals surface area contributed by atoms with Gasteiger partial charge in [-0.2, -0.15) is 0 Å². The zero-order valence-electron chi connectivity index (χ0n) is 10.7. The molecule has 0 aliphatic heterocycles. The van der Waals surface area contributed by atoms with E-state index < -0.39 is 0 Å². The van der Waals surface area contributed by atoms with Crippen LogP contribution in [0.15, 0.2) is 35.9 Å². The Labute approximate surface area is 108 Å². The van der Waals surface area contributed by atoms with Crippen molar-refractivity contribution in [3.8, 4) is 0 Å². The largest absolute Gasteiger partial charge is 0.335 e. The number of benzene rings is 1. The fraction of sp³-hybridized carbons (Fsp3) is 0.357. The van der Waals surface area contributed by atoms with Crippen LogP contribution in [0, 0.1) is 0 Å². The highest BCUT2D eigenvalue weighted by molar-refractivity contribution is 6.30. The maximum atomic E-state index is 11.9. The van der Waals surface area contributed by atoms with Crippen molar-refractivity contribution in [3.63, 3.8) is 0 Å². The summed E-state index contributed by atoms with van der Waals surface area (Å²) >= 11 is 5.84. The van der Waals surface area contributed by atoms with Gasteiger partial charge < -0.3 is 4.90 Å². The fourth-order valence-electron chi connectivity index (χ4n) is 1.50. The van der Waals surface area contributed by atoms with E-state index in [1.165, 1.54) is 0 Å². The van der Waals surface area contributed by atoms with Gasteiger partial charge in [-0.1, -0.05) is 29.3 Å². The van der Waals surface area contributed by atoms with Crippen molar-refractivity contribution in [3.05, 3.63) is 46.5 Å². The minimum Gasteiger partial charge on any atom is -0.335 e. The van der Waals surface area contributed by atoms with Gasteiger partial charge in [-0.05, 0) is 38.5 Å². The molecule has 3 heteroatoms. The minimum absolute atomic E-state index is 0.0208. The molecule has 1 amide bonds. The van der Waals surface area contributed by atoms with Gasteiger partial charge in [0.2, 0.25) is 5.91 Å². The maximum Gasteiger partial charge on any atom is 0.246 e. The first-order chi connectivity index (χ1) is 7.91. The zero-order valence-corrected chi connectivity index (χ0v) is 11.5. The molecule has 0 aliphatic rings. The number of rotatable bonds is 3. The van der Waals surface area contributed by atoms with Crippen molar-refractivity contribution >= 4 is 17.5 Å². The quantitative estimate of drug-likeness (QED) is 0.748. The number of carbonyl (C=O) groups is 1. The molecule has 17 heavy (non-hydrogen) atoms. The number of halogens is 1. The van der Waals surface area contributed by atoms with E-state index in [1.807, 2.05) is 45.0 Å².